The molecule has 100 valence electrons. The highest BCUT2D eigenvalue weighted by atomic mass is 79.9. The van der Waals surface area contributed by atoms with E-state index in [0.29, 0.717) is 12.5 Å². The molecule has 0 saturated heterocycles. The van der Waals surface area contributed by atoms with E-state index in [1.165, 1.54) is 5.56 Å². The molecule has 2 aromatic rings. The molecular formula is C14H14Br2N2O. The van der Waals surface area contributed by atoms with Crippen molar-refractivity contribution in [2.75, 3.05) is 11.9 Å². The zero-order chi connectivity index (χ0) is 13.7. The Morgan fingerprint density at radius 1 is 1.21 bits per heavy atom. The summed E-state index contributed by atoms with van der Waals surface area (Å²) in [6.07, 6.45) is 1.73. The number of ether oxygens (including phenoxy) is 1. The lowest BCUT2D eigenvalue weighted by atomic mass is 10.2. The minimum Gasteiger partial charge on any atom is -0.476 e. The second kappa shape index (κ2) is 6.91. The number of hydrogen-bond donors (Lipinski definition) is 1. The number of hydrogen-bond acceptors (Lipinski definition) is 3. The van der Waals surface area contributed by atoms with Gasteiger partial charge in [-0.2, -0.15) is 0 Å². The number of anilines is 1. The van der Waals surface area contributed by atoms with Crippen molar-refractivity contribution in [2.24, 2.45) is 0 Å². The SMILES string of the molecule is CCOc1ncccc1NCc1ccc(Br)c(Br)c1. The molecule has 0 aliphatic heterocycles. The van der Waals surface area contributed by atoms with Crippen LogP contribution < -0.4 is 10.1 Å². The van der Waals surface area contributed by atoms with Crippen molar-refractivity contribution in [1.29, 1.82) is 0 Å². The first-order valence-electron chi connectivity index (χ1n) is 5.96. The minimum absolute atomic E-state index is 0.607. The fourth-order valence-corrected chi connectivity index (χ4v) is 2.30. The molecule has 1 aromatic carbocycles. The summed E-state index contributed by atoms with van der Waals surface area (Å²) >= 11 is 6.96. The van der Waals surface area contributed by atoms with Crippen LogP contribution in [0.5, 0.6) is 5.88 Å². The maximum atomic E-state index is 5.48. The van der Waals surface area contributed by atoms with E-state index in [2.05, 4.69) is 54.3 Å². The molecule has 5 heteroatoms. The van der Waals surface area contributed by atoms with Gasteiger partial charge in [0.1, 0.15) is 0 Å². The first-order chi connectivity index (χ1) is 9.20. The third-order valence-corrected chi connectivity index (χ3v) is 4.40. The second-order valence-corrected chi connectivity index (χ2v) is 5.60. The van der Waals surface area contributed by atoms with Crippen molar-refractivity contribution in [1.82, 2.24) is 4.98 Å². The Bertz CT molecular complexity index is 561. The van der Waals surface area contributed by atoms with Gasteiger partial charge >= 0.3 is 0 Å². The largest absolute Gasteiger partial charge is 0.476 e. The Morgan fingerprint density at radius 2 is 2.05 bits per heavy atom. The standard InChI is InChI=1S/C14H14Br2N2O/c1-2-19-14-13(4-3-7-17-14)18-9-10-5-6-11(15)12(16)8-10/h3-8,18H,2,9H2,1H3. The van der Waals surface area contributed by atoms with Gasteiger partial charge in [-0.15, -0.1) is 0 Å². The lowest BCUT2D eigenvalue weighted by molar-refractivity contribution is 0.328. The summed E-state index contributed by atoms with van der Waals surface area (Å²) in [5.74, 6) is 0.640. The molecule has 0 unspecified atom stereocenters. The number of nitrogens with one attached hydrogen (secondary N) is 1. The fourth-order valence-electron chi connectivity index (χ4n) is 1.62. The molecule has 1 heterocycles. The van der Waals surface area contributed by atoms with Crippen LogP contribution in [0.2, 0.25) is 0 Å². The lowest BCUT2D eigenvalue weighted by Crippen LogP contribution is -2.04. The summed E-state index contributed by atoms with van der Waals surface area (Å²) in [5, 5.41) is 3.34. The lowest BCUT2D eigenvalue weighted by Gasteiger charge is -2.11. The molecule has 19 heavy (non-hydrogen) atoms. The zero-order valence-electron chi connectivity index (χ0n) is 10.5. The van der Waals surface area contributed by atoms with Crippen molar-refractivity contribution >= 4 is 37.5 Å². The Morgan fingerprint density at radius 3 is 2.79 bits per heavy atom. The molecule has 0 atom stereocenters. The predicted octanol–water partition coefficient (Wildman–Crippen LogP) is 4.62. The molecule has 2 rings (SSSR count). The summed E-state index contributed by atoms with van der Waals surface area (Å²) in [7, 11) is 0. The van der Waals surface area contributed by atoms with Crippen LogP contribution in [0.4, 0.5) is 5.69 Å². The Balaban J connectivity index is 2.07. The van der Waals surface area contributed by atoms with Crippen LogP contribution in [-0.4, -0.2) is 11.6 Å². The van der Waals surface area contributed by atoms with Gasteiger partial charge in [-0.25, -0.2) is 4.98 Å². The minimum atomic E-state index is 0.607. The van der Waals surface area contributed by atoms with Crippen LogP contribution in [0.15, 0.2) is 45.5 Å². The molecule has 0 spiro atoms. The van der Waals surface area contributed by atoms with Crippen molar-refractivity contribution < 1.29 is 4.74 Å². The highest BCUT2D eigenvalue weighted by Crippen LogP contribution is 2.25. The third-order valence-electron chi connectivity index (χ3n) is 2.52. The zero-order valence-corrected chi connectivity index (χ0v) is 13.7. The third kappa shape index (κ3) is 3.94. The van der Waals surface area contributed by atoms with Gasteiger partial charge in [-0.05, 0) is 68.6 Å². The second-order valence-electron chi connectivity index (χ2n) is 3.89. The van der Waals surface area contributed by atoms with Crippen molar-refractivity contribution in [3.8, 4) is 5.88 Å². The van der Waals surface area contributed by atoms with E-state index in [9.17, 15) is 0 Å². The van der Waals surface area contributed by atoms with Gasteiger partial charge < -0.3 is 10.1 Å². The van der Waals surface area contributed by atoms with Gasteiger partial charge in [0.25, 0.3) is 0 Å². The van der Waals surface area contributed by atoms with Gasteiger partial charge in [-0.3, -0.25) is 0 Å². The van der Waals surface area contributed by atoms with Gasteiger partial charge in [0, 0.05) is 21.7 Å². The molecule has 0 aliphatic carbocycles. The van der Waals surface area contributed by atoms with Crippen molar-refractivity contribution in [3.05, 3.63) is 51.0 Å². The maximum Gasteiger partial charge on any atom is 0.237 e. The van der Waals surface area contributed by atoms with Crippen molar-refractivity contribution in [3.63, 3.8) is 0 Å². The average Bonchev–Trinajstić information content (AvgIpc) is 2.42. The first-order valence-corrected chi connectivity index (χ1v) is 7.55. The normalized spacial score (nSPS) is 10.3. The summed E-state index contributed by atoms with van der Waals surface area (Å²) in [5.41, 5.74) is 2.09. The van der Waals surface area contributed by atoms with E-state index < -0.39 is 0 Å². The average molecular weight is 386 g/mol. The fraction of sp³-hybridized carbons (Fsp3) is 0.214. The maximum absolute atomic E-state index is 5.48. The summed E-state index contributed by atoms with van der Waals surface area (Å²) < 4.78 is 7.57. The highest BCUT2D eigenvalue weighted by molar-refractivity contribution is 9.13. The number of nitrogens with zero attached hydrogens (tertiary/aromatic N) is 1. The van der Waals surface area contributed by atoms with Crippen LogP contribution >= 0.6 is 31.9 Å². The van der Waals surface area contributed by atoms with E-state index in [1.54, 1.807) is 6.20 Å². The molecule has 0 radical (unpaired) electrons. The Labute approximate surface area is 129 Å². The molecule has 0 bridgehead atoms. The molecule has 1 aromatic heterocycles. The summed E-state index contributed by atoms with van der Waals surface area (Å²) in [6, 6.07) is 10.0. The Hall–Kier alpha value is -1.07. The number of pyridine rings is 1. The van der Waals surface area contributed by atoms with E-state index in [1.807, 2.05) is 25.1 Å². The molecule has 3 nitrogen and oxygen atoms in total. The van der Waals surface area contributed by atoms with Crippen LogP contribution in [-0.2, 0) is 6.54 Å². The smallest absolute Gasteiger partial charge is 0.237 e. The molecule has 1 N–H and O–H groups in total. The predicted molar refractivity (Wildman–Crippen MR) is 84.6 cm³/mol. The molecule has 0 saturated carbocycles. The number of halogens is 2. The quantitative estimate of drug-likeness (QED) is 0.815. The monoisotopic (exact) mass is 384 g/mol. The Kier molecular flexibility index (Phi) is 5.22. The molecule has 0 aliphatic rings. The summed E-state index contributed by atoms with van der Waals surface area (Å²) in [6.45, 7) is 3.28. The van der Waals surface area contributed by atoms with Crippen LogP contribution in [0.3, 0.4) is 0 Å². The van der Waals surface area contributed by atoms with Crippen LogP contribution in [0.25, 0.3) is 0 Å². The molecular weight excluding hydrogens is 372 g/mol. The first kappa shape index (κ1) is 14.3. The van der Waals surface area contributed by atoms with Crippen LogP contribution in [0.1, 0.15) is 12.5 Å². The number of benzene rings is 1. The number of rotatable bonds is 5. The van der Waals surface area contributed by atoms with Gasteiger partial charge in [-0.1, -0.05) is 6.07 Å². The van der Waals surface area contributed by atoms with Crippen molar-refractivity contribution in [2.45, 2.75) is 13.5 Å². The number of aromatic nitrogens is 1. The molecule has 0 fully saturated rings. The molecule has 0 amide bonds. The van der Waals surface area contributed by atoms with E-state index in [-0.39, 0.29) is 0 Å². The van der Waals surface area contributed by atoms with Gasteiger partial charge in [0.05, 0.1) is 12.3 Å². The summed E-state index contributed by atoms with van der Waals surface area (Å²) in [4.78, 5) is 4.21. The highest BCUT2D eigenvalue weighted by Gasteiger charge is 2.04. The van der Waals surface area contributed by atoms with E-state index >= 15 is 0 Å². The van der Waals surface area contributed by atoms with Gasteiger partial charge in [0.15, 0.2) is 0 Å². The van der Waals surface area contributed by atoms with Crippen LogP contribution in [0, 0.1) is 0 Å². The van der Waals surface area contributed by atoms with Gasteiger partial charge in [0.2, 0.25) is 5.88 Å². The van der Waals surface area contributed by atoms with E-state index in [0.717, 1.165) is 21.2 Å². The topological polar surface area (TPSA) is 34.1 Å². The van der Waals surface area contributed by atoms with E-state index in [4.69, 9.17) is 4.74 Å².